The molecular weight excluding hydrogens is 170 g/mol. The van der Waals surface area contributed by atoms with Gasteiger partial charge in [0.15, 0.2) is 0 Å². The van der Waals surface area contributed by atoms with Gasteiger partial charge in [-0.3, -0.25) is 4.90 Å². The van der Waals surface area contributed by atoms with Crippen molar-refractivity contribution in [3.63, 3.8) is 0 Å². The molecule has 3 N–H and O–H groups in total. The van der Waals surface area contributed by atoms with Gasteiger partial charge in [0.2, 0.25) is 0 Å². The van der Waals surface area contributed by atoms with E-state index < -0.39 is 12.2 Å². The van der Waals surface area contributed by atoms with Crippen LogP contribution in [0.25, 0.3) is 0 Å². The van der Waals surface area contributed by atoms with E-state index in [1.807, 2.05) is 25.8 Å². The molecule has 5 atom stereocenters. The number of piperidine rings is 1. The van der Waals surface area contributed by atoms with E-state index in [-0.39, 0.29) is 24.6 Å². The van der Waals surface area contributed by atoms with Crippen molar-refractivity contribution >= 4 is 0 Å². The first-order valence-electron chi connectivity index (χ1n) is 4.69. The lowest BCUT2D eigenvalue weighted by Crippen LogP contribution is -2.62. The third-order valence-electron chi connectivity index (χ3n) is 3.40. The van der Waals surface area contributed by atoms with E-state index in [0.29, 0.717) is 0 Å². The summed E-state index contributed by atoms with van der Waals surface area (Å²) in [5.74, 6) is 0.0304. The van der Waals surface area contributed by atoms with Gasteiger partial charge in [-0.2, -0.15) is 0 Å². The van der Waals surface area contributed by atoms with Crippen molar-refractivity contribution in [1.29, 1.82) is 0 Å². The lowest BCUT2D eigenvalue weighted by atomic mass is 9.83. The Morgan fingerprint density at radius 2 is 1.69 bits per heavy atom. The topological polar surface area (TPSA) is 63.9 Å². The minimum atomic E-state index is -0.846. The summed E-state index contributed by atoms with van der Waals surface area (Å²) in [6.45, 7) is 3.77. The first-order valence-corrected chi connectivity index (χ1v) is 4.69. The van der Waals surface area contributed by atoms with Crippen molar-refractivity contribution in [3.8, 4) is 0 Å². The third-order valence-corrected chi connectivity index (χ3v) is 3.40. The fraction of sp³-hybridized carbons (Fsp3) is 1.00. The average molecular weight is 189 g/mol. The summed E-state index contributed by atoms with van der Waals surface area (Å²) in [6.07, 6.45) is -1.58. The number of likely N-dealkylation sites (tertiary alicyclic amines) is 1. The Morgan fingerprint density at radius 3 is 2.15 bits per heavy atom. The summed E-state index contributed by atoms with van der Waals surface area (Å²) in [5.41, 5.74) is 0. The molecule has 0 aliphatic carbocycles. The molecule has 0 aromatic rings. The third kappa shape index (κ3) is 1.72. The van der Waals surface area contributed by atoms with Gasteiger partial charge in [0, 0.05) is 6.04 Å². The Bertz CT molecular complexity index is 160. The molecule has 0 amide bonds. The van der Waals surface area contributed by atoms with Gasteiger partial charge in [0.25, 0.3) is 0 Å². The van der Waals surface area contributed by atoms with Gasteiger partial charge < -0.3 is 15.3 Å². The van der Waals surface area contributed by atoms with Crippen LogP contribution in [0.15, 0.2) is 0 Å². The molecule has 4 nitrogen and oxygen atoms in total. The van der Waals surface area contributed by atoms with Crippen LogP contribution in [0, 0.1) is 5.92 Å². The Kier molecular flexibility index (Phi) is 3.29. The van der Waals surface area contributed by atoms with E-state index in [1.54, 1.807) is 0 Å². The van der Waals surface area contributed by atoms with E-state index in [1.165, 1.54) is 0 Å². The highest BCUT2D eigenvalue weighted by atomic mass is 16.3. The highest BCUT2D eigenvalue weighted by molar-refractivity contribution is 4.95. The first kappa shape index (κ1) is 10.9. The number of rotatable bonds is 1. The standard InChI is InChI=1S/C9H19NO3/c1-5-6(2)10(3)7(4-11)9(13)8(5)12/h5-9,11-13H,4H2,1-3H3/t5?,6-,7?,8?,9-/m0/s1. The van der Waals surface area contributed by atoms with E-state index in [2.05, 4.69) is 0 Å². The molecule has 1 saturated heterocycles. The predicted molar refractivity (Wildman–Crippen MR) is 49.3 cm³/mol. The largest absolute Gasteiger partial charge is 0.395 e. The van der Waals surface area contributed by atoms with E-state index in [0.717, 1.165) is 0 Å². The van der Waals surface area contributed by atoms with Crippen LogP contribution in [0.2, 0.25) is 0 Å². The second-order valence-electron chi connectivity index (χ2n) is 4.00. The Hall–Kier alpha value is -0.160. The Labute approximate surface area is 78.8 Å². The van der Waals surface area contributed by atoms with Crippen LogP contribution >= 0.6 is 0 Å². The molecule has 0 aromatic carbocycles. The number of aliphatic hydroxyl groups is 3. The quantitative estimate of drug-likeness (QED) is 0.497. The zero-order valence-electron chi connectivity index (χ0n) is 8.38. The summed E-state index contributed by atoms with van der Waals surface area (Å²) in [4.78, 5) is 1.92. The SMILES string of the molecule is CC1C(O)[C@@H](O)C(CO)N(C)[C@H]1C. The molecule has 1 fully saturated rings. The van der Waals surface area contributed by atoms with Crippen molar-refractivity contribution in [2.75, 3.05) is 13.7 Å². The minimum absolute atomic E-state index is 0.0304. The molecule has 4 heteroatoms. The highest BCUT2D eigenvalue weighted by Crippen LogP contribution is 2.26. The molecular formula is C9H19NO3. The Morgan fingerprint density at radius 1 is 1.15 bits per heavy atom. The highest BCUT2D eigenvalue weighted by Gasteiger charge is 2.42. The zero-order chi connectivity index (χ0) is 10.2. The van der Waals surface area contributed by atoms with Crippen molar-refractivity contribution < 1.29 is 15.3 Å². The van der Waals surface area contributed by atoms with Crippen LogP contribution in [0.4, 0.5) is 0 Å². The van der Waals surface area contributed by atoms with Crippen LogP contribution < -0.4 is 0 Å². The van der Waals surface area contributed by atoms with Crippen molar-refractivity contribution in [2.45, 2.75) is 38.1 Å². The van der Waals surface area contributed by atoms with Crippen molar-refractivity contribution in [2.24, 2.45) is 5.92 Å². The van der Waals surface area contributed by atoms with E-state index in [9.17, 15) is 10.2 Å². The normalized spacial score (nSPS) is 48.0. The monoisotopic (exact) mass is 189 g/mol. The maximum absolute atomic E-state index is 9.65. The van der Waals surface area contributed by atoms with Gasteiger partial charge in [-0.15, -0.1) is 0 Å². The summed E-state index contributed by atoms with van der Waals surface area (Å²) in [5, 5.41) is 28.3. The maximum Gasteiger partial charge on any atom is 0.0979 e. The number of hydrogen-bond donors (Lipinski definition) is 3. The predicted octanol–water partition coefficient (Wildman–Crippen LogP) is -0.961. The molecule has 13 heavy (non-hydrogen) atoms. The second kappa shape index (κ2) is 3.92. The molecule has 0 bridgehead atoms. The van der Waals surface area contributed by atoms with Crippen LogP contribution in [0.3, 0.4) is 0 Å². The van der Waals surface area contributed by atoms with Gasteiger partial charge in [0.1, 0.15) is 0 Å². The van der Waals surface area contributed by atoms with Gasteiger partial charge in [-0.1, -0.05) is 6.92 Å². The molecule has 3 unspecified atom stereocenters. The number of likely N-dealkylation sites (N-methyl/N-ethyl adjacent to an activating group) is 1. The molecule has 0 radical (unpaired) electrons. The van der Waals surface area contributed by atoms with Crippen LogP contribution in [0.5, 0.6) is 0 Å². The fourth-order valence-electron chi connectivity index (χ4n) is 1.97. The second-order valence-corrected chi connectivity index (χ2v) is 4.00. The molecule has 1 heterocycles. The molecule has 1 aliphatic rings. The number of hydrogen-bond acceptors (Lipinski definition) is 4. The lowest BCUT2D eigenvalue weighted by molar-refractivity contribution is -0.128. The van der Waals surface area contributed by atoms with Gasteiger partial charge >= 0.3 is 0 Å². The number of aliphatic hydroxyl groups excluding tert-OH is 3. The first-order chi connectivity index (χ1) is 6.00. The summed E-state index contributed by atoms with van der Waals surface area (Å²) in [6, 6.07) is -0.170. The summed E-state index contributed by atoms with van der Waals surface area (Å²) >= 11 is 0. The van der Waals surface area contributed by atoms with Crippen molar-refractivity contribution in [3.05, 3.63) is 0 Å². The molecule has 0 aromatic heterocycles. The van der Waals surface area contributed by atoms with Gasteiger partial charge in [0.05, 0.1) is 24.9 Å². The molecule has 1 aliphatic heterocycles. The van der Waals surface area contributed by atoms with Crippen LogP contribution in [-0.4, -0.2) is 58.2 Å². The lowest BCUT2D eigenvalue weighted by Gasteiger charge is -2.46. The van der Waals surface area contributed by atoms with Crippen LogP contribution in [-0.2, 0) is 0 Å². The number of nitrogens with zero attached hydrogens (tertiary/aromatic N) is 1. The zero-order valence-corrected chi connectivity index (χ0v) is 8.38. The van der Waals surface area contributed by atoms with Crippen LogP contribution in [0.1, 0.15) is 13.8 Å². The Balaban J connectivity index is 2.79. The smallest absolute Gasteiger partial charge is 0.0979 e. The van der Waals surface area contributed by atoms with E-state index >= 15 is 0 Å². The summed E-state index contributed by atoms with van der Waals surface area (Å²) in [7, 11) is 1.86. The van der Waals surface area contributed by atoms with E-state index in [4.69, 9.17) is 5.11 Å². The van der Waals surface area contributed by atoms with Gasteiger partial charge in [-0.05, 0) is 19.9 Å². The van der Waals surface area contributed by atoms with Gasteiger partial charge in [-0.25, -0.2) is 0 Å². The van der Waals surface area contributed by atoms with Crippen molar-refractivity contribution in [1.82, 2.24) is 4.90 Å². The molecule has 0 spiro atoms. The average Bonchev–Trinajstić information content (AvgIpc) is 2.13. The fourth-order valence-corrected chi connectivity index (χ4v) is 1.97. The molecule has 78 valence electrons. The molecule has 0 saturated carbocycles. The molecule has 1 rings (SSSR count). The maximum atomic E-state index is 9.65. The minimum Gasteiger partial charge on any atom is -0.395 e. The summed E-state index contributed by atoms with van der Waals surface area (Å²) < 4.78 is 0.